The number of aliphatic hydroxyl groups excluding tert-OH is 1. The number of hydrogen-bond donors (Lipinski definition) is 1. The third kappa shape index (κ3) is 9.53. The molecule has 0 aliphatic carbocycles. The molecular weight excluding hydrogens is 444 g/mol. The third-order valence-electron chi connectivity index (χ3n) is 6.71. The van der Waals surface area contributed by atoms with Crippen molar-refractivity contribution < 1.29 is 28.8 Å². The number of methoxy groups -OCH3 is 1. The molecule has 6 nitrogen and oxygen atoms in total. The Balaban J connectivity index is 1.74. The van der Waals surface area contributed by atoms with Gasteiger partial charge >= 0.3 is 5.97 Å². The lowest BCUT2D eigenvalue weighted by Crippen LogP contribution is -2.34. The largest absolute Gasteiger partial charge is 0.459 e. The van der Waals surface area contributed by atoms with E-state index in [1.807, 2.05) is 24.3 Å². The summed E-state index contributed by atoms with van der Waals surface area (Å²) in [5.41, 5.74) is 2.32. The average Bonchev–Trinajstić information content (AvgIpc) is 2.78. The number of aliphatic hydroxyl groups is 1. The van der Waals surface area contributed by atoms with Crippen molar-refractivity contribution in [3.8, 4) is 0 Å². The van der Waals surface area contributed by atoms with Crippen LogP contribution in [0.5, 0.6) is 0 Å². The summed E-state index contributed by atoms with van der Waals surface area (Å²) in [6.45, 7) is 9.05. The molecule has 0 amide bonds. The number of fused-ring (bicyclic) bond motifs is 2. The van der Waals surface area contributed by atoms with Crippen LogP contribution in [-0.4, -0.2) is 61.4 Å². The summed E-state index contributed by atoms with van der Waals surface area (Å²) in [6.07, 6.45) is 16.3. The second-order valence-electron chi connectivity index (χ2n) is 10.1. The van der Waals surface area contributed by atoms with E-state index in [1.54, 1.807) is 13.2 Å². The first-order chi connectivity index (χ1) is 16.8. The number of ether oxygens (including phenoxy) is 4. The summed E-state index contributed by atoms with van der Waals surface area (Å²) in [7, 11) is 1.61. The summed E-state index contributed by atoms with van der Waals surface area (Å²) in [4.78, 5) is 12.9. The van der Waals surface area contributed by atoms with E-state index in [2.05, 4.69) is 32.6 Å². The highest BCUT2D eigenvalue weighted by Crippen LogP contribution is 2.26. The van der Waals surface area contributed by atoms with Gasteiger partial charge in [-0.3, -0.25) is 4.79 Å². The molecule has 3 heterocycles. The smallest absolute Gasteiger partial charge is 0.309 e. The number of rotatable bonds is 4. The first kappa shape index (κ1) is 27.6. The second kappa shape index (κ2) is 13.9. The van der Waals surface area contributed by atoms with Gasteiger partial charge in [0.15, 0.2) is 0 Å². The Bertz CT molecular complexity index is 825. The van der Waals surface area contributed by atoms with E-state index in [0.717, 1.165) is 31.3 Å². The van der Waals surface area contributed by atoms with E-state index >= 15 is 0 Å². The molecule has 3 rings (SSSR count). The number of hydrogen-bond acceptors (Lipinski definition) is 6. The molecule has 1 N–H and O–H groups in total. The molecular formula is C29H42O6. The zero-order valence-corrected chi connectivity index (χ0v) is 21.4. The predicted octanol–water partition coefficient (Wildman–Crippen LogP) is 4.99. The van der Waals surface area contributed by atoms with E-state index < -0.39 is 18.3 Å². The SMILES string of the molecule is C=C1C[C@H](C)C[C@@H]2CC=C[C@@H](CC(=O)O[C@H]([C@H](/C=C/[C@@H]3CC(C)=CCO3)OC)C/C=C/[C@@H](O)C1)O2. The van der Waals surface area contributed by atoms with Crippen molar-refractivity contribution >= 4 is 5.97 Å². The Kier molecular flexibility index (Phi) is 11.0. The number of cyclic esters (lactones) is 1. The minimum absolute atomic E-state index is 0.0250. The summed E-state index contributed by atoms with van der Waals surface area (Å²) in [5, 5.41) is 10.5. The van der Waals surface area contributed by atoms with E-state index in [1.165, 1.54) is 5.57 Å². The van der Waals surface area contributed by atoms with Crippen LogP contribution in [0.25, 0.3) is 0 Å². The van der Waals surface area contributed by atoms with Crippen LogP contribution in [0.1, 0.15) is 58.8 Å². The maximum atomic E-state index is 12.9. The first-order valence-corrected chi connectivity index (χ1v) is 12.8. The maximum absolute atomic E-state index is 12.9. The van der Waals surface area contributed by atoms with Crippen LogP contribution in [0.15, 0.2) is 60.3 Å². The molecule has 7 atom stereocenters. The van der Waals surface area contributed by atoms with Gasteiger partial charge in [-0.2, -0.15) is 0 Å². The van der Waals surface area contributed by atoms with Gasteiger partial charge in [-0.25, -0.2) is 0 Å². The molecule has 0 aromatic heterocycles. The summed E-state index contributed by atoms with van der Waals surface area (Å²) >= 11 is 0. The lowest BCUT2D eigenvalue weighted by molar-refractivity contribution is -0.157. The van der Waals surface area contributed by atoms with Gasteiger partial charge in [-0.15, -0.1) is 0 Å². The van der Waals surface area contributed by atoms with Gasteiger partial charge < -0.3 is 24.1 Å². The van der Waals surface area contributed by atoms with Crippen LogP contribution >= 0.6 is 0 Å². The molecule has 6 heteroatoms. The zero-order chi connectivity index (χ0) is 25.2. The molecule has 3 aliphatic heterocycles. The Morgan fingerprint density at radius 3 is 2.74 bits per heavy atom. The summed E-state index contributed by atoms with van der Waals surface area (Å²) in [6, 6.07) is 0. The van der Waals surface area contributed by atoms with Crippen LogP contribution in [0.3, 0.4) is 0 Å². The normalized spacial score (nSPS) is 35.4. The molecule has 0 saturated carbocycles. The standard InChI is InChI=1S/C29H42O6/c1-20-13-14-33-24(17-20)11-12-27(32-4)28-10-5-7-23(30)16-21(2)15-22(3)18-25-8-6-9-26(34-25)19-29(31)35-28/h5-7,9,11-13,22-28,30H,2,8,10,14-19H2,1,3-4H3/b7-5+,12-11+/t22-,23+,24+,25-,26-,27-,28-/m0/s1. The molecule has 2 bridgehead atoms. The Labute approximate surface area is 210 Å². The maximum Gasteiger partial charge on any atom is 0.309 e. The molecule has 0 unspecified atom stereocenters. The number of esters is 1. The summed E-state index contributed by atoms with van der Waals surface area (Å²) < 4.78 is 23.6. The van der Waals surface area contributed by atoms with Gasteiger partial charge in [-0.05, 0) is 44.9 Å². The van der Waals surface area contributed by atoms with Crippen LogP contribution in [0.4, 0.5) is 0 Å². The number of carbonyl (C=O) groups excluding carboxylic acids is 1. The second-order valence-corrected chi connectivity index (χ2v) is 10.1. The Hall–Kier alpha value is -1.99. The molecule has 0 saturated heterocycles. The van der Waals surface area contributed by atoms with Crippen LogP contribution in [0, 0.1) is 5.92 Å². The van der Waals surface area contributed by atoms with Gasteiger partial charge in [0.05, 0.1) is 37.4 Å². The molecule has 0 fully saturated rings. The zero-order valence-electron chi connectivity index (χ0n) is 21.4. The van der Waals surface area contributed by atoms with Gasteiger partial charge in [0.25, 0.3) is 0 Å². The minimum atomic E-state index is -0.626. The fraction of sp³-hybridized carbons (Fsp3) is 0.621. The molecule has 0 aromatic carbocycles. The fourth-order valence-electron chi connectivity index (χ4n) is 4.96. The van der Waals surface area contributed by atoms with E-state index in [0.29, 0.717) is 25.4 Å². The highest BCUT2D eigenvalue weighted by Gasteiger charge is 2.27. The highest BCUT2D eigenvalue weighted by molar-refractivity contribution is 5.70. The lowest BCUT2D eigenvalue weighted by atomic mass is 9.91. The number of carbonyl (C=O) groups is 1. The summed E-state index contributed by atoms with van der Waals surface area (Å²) in [5.74, 6) is 0.0673. The van der Waals surface area contributed by atoms with E-state index in [-0.39, 0.29) is 30.7 Å². The van der Waals surface area contributed by atoms with Gasteiger partial charge in [0, 0.05) is 13.5 Å². The third-order valence-corrected chi connectivity index (χ3v) is 6.71. The highest BCUT2D eigenvalue weighted by atomic mass is 16.6. The average molecular weight is 487 g/mol. The van der Waals surface area contributed by atoms with Crippen LogP contribution < -0.4 is 0 Å². The van der Waals surface area contributed by atoms with Crippen molar-refractivity contribution in [2.24, 2.45) is 5.92 Å². The van der Waals surface area contributed by atoms with Crippen molar-refractivity contribution in [1.82, 2.24) is 0 Å². The van der Waals surface area contributed by atoms with Crippen LogP contribution in [-0.2, 0) is 23.7 Å². The quantitative estimate of drug-likeness (QED) is 0.446. The van der Waals surface area contributed by atoms with Crippen molar-refractivity contribution in [1.29, 1.82) is 0 Å². The molecule has 194 valence electrons. The molecule has 0 aromatic rings. The topological polar surface area (TPSA) is 74.2 Å². The van der Waals surface area contributed by atoms with Crippen molar-refractivity contribution in [3.63, 3.8) is 0 Å². The molecule has 0 radical (unpaired) electrons. The van der Waals surface area contributed by atoms with Crippen molar-refractivity contribution in [2.45, 2.75) is 95.4 Å². The van der Waals surface area contributed by atoms with E-state index in [9.17, 15) is 9.90 Å². The Morgan fingerprint density at radius 1 is 1.17 bits per heavy atom. The predicted molar refractivity (Wildman–Crippen MR) is 137 cm³/mol. The first-order valence-electron chi connectivity index (χ1n) is 12.8. The van der Waals surface area contributed by atoms with Gasteiger partial charge in [-0.1, -0.05) is 67.2 Å². The van der Waals surface area contributed by atoms with Crippen LogP contribution in [0.2, 0.25) is 0 Å². The van der Waals surface area contributed by atoms with Gasteiger partial charge in [0.1, 0.15) is 12.2 Å². The van der Waals surface area contributed by atoms with Crippen molar-refractivity contribution in [3.05, 3.63) is 60.3 Å². The van der Waals surface area contributed by atoms with Gasteiger partial charge in [0.2, 0.25) is 0 Å². The van der Waals surface area contributed by atoms with Crippen molar-refractivity contribution in [2.75, 3.05) is 13.7 Å². The minimum Gasteiger partial charge on any atom is -0.459 e. The Morgan fingerprint density at radius 2 is 1.97 bits per heavy atom. The van der Waals surface area contributed by atoms with E-state index in [4.69, 9.17) is 18.9 Å². The molecule has 3 aliphatic rings. The fourth-order valence-corrected chi connectivity index (χ4v) is 4.96. The molecule has 0 spiro atoms. The molecule has 35 heavy (non-hydrogen) atoms. The monoisotopic (exact) mass is 486 g/mol. The lowest BCUT2D eigenvalue weighted by Gasteiger charge is -2.29.